The van der Waals surface area contributed by atoms with Crippen molar-refractivity contribution in [1.29, 1.82) is 0 Å². The quantitative estimate of drug-likeness (QED) is 0.601. The van der Waals surface area contributed by atoms with E-state index in [2.05, 4.69) is 0 Å². The first-order valence-electron chi connectivity index (χ1n) is 8.42. The number of hydrogen-bond donors (Lipinski definition) is 0. The molecule has 0 fully saturated rings. The Bertz CT molecular complexity index is 1050. The molecule has 3 nitrogen and oxygen atoms in total. The van der Waals surface area contributed by atoms with E-state index in [1.807, 2.05) is 13.0 Å². The Kier molecular flexibility index (Phi) is 5.28. The summed E-state index contributed by atoms with van der Waals surface area (Å²) >= 11 is 0. The van der Waals surface area contributed by atoms with Crippen LogP contribution in [0.5, 0.6) is 0 Å². The fourth-order valence-corrected chi connectivity index (χ4v) is 4.62. The predicted octanol–water partition coefficient (Wildman–Crippen LogP) is 5.23. The Morgan fingerprint density at radius 1 is 0.889 bits per heavy atom. The van der Waals surface area contributed by atoms with Gasteiger partial charge in [-0.1, -0.05) is 30.3 Å². The maximum absolute atomic E-state index is 14.4. The van der Waals surface area contributed by atoms with Crippen LogP contribution in [-0.2, 0) is 10.0 Å². The number of nitrogens with zero attached hydrogens (tertiary/aromatic N) is 1. The van der Waals surface area contributed by atoms with Crippen LogP contribution in [0.2, 0.25) is 0 Å². The highest BCUT2D eigenvalue weighted by Crippen LogP contribution is 2.34. The molecule has 6 heteroatoms. The largest absolute Gasteiger partial charge is 0.264 e. The van der Waals surface area contributed by atoms with Gasteiger partial charge in [0.05, 0.1) is 16.6 Å². The molecule has 0 spiro atoms. The summed E-state index contributed by atoms with van der Waals surface area (Å²) in [5, 5.41) is 0. The maximum atomic E-state index is 14.4. The van der Waals surface area contributed by atoms with Crippen molar-refractivity contribution < 1.29 is 17.2 Å². The molecule has 1 atom stereocenters. The first-order chi connectivity index (χ1) is 12.8. The zero-order chi connectivity index (χ0) is 19.6. The second-order valence-electron chi connectivity index (χ2n) is 6.29. The summed E-state index contributed by atoms with van der Waals surface area (Å²) in [6, 6.07) is 16.8. The minimum atomic E-state index is -4.05. The Labute approximate surface area is 157 Å². The molecule has 0 aliphatic carbocycles. The van der Waals surface area contributed by atoms with Gasteiger partial charge in [-0.15, -0.1) is 0 Å². The second kappa shape index (κ2) is 7.48. The number of anilines is 1. The first-order valence-corrected chi connectivity index (χ1v) is 9.86. The van der Waals surface area contributed by atoms with Gasteiger partial charge in [0.2, 0.25) is 0 Å². The molecule has 0 bridgehead atoms. The van der Waals surface area contributed by atoms with Gasteiger partial charge >= 0.3 is 0 Å². The van der Waals surface area contributed by atoms with Crippen molar-refractivity contribution in [1.82, 2.24) is 0 Å². The van der Waals surface area contributed by atoms with Gasteiger partial charge in [0.25, 0.3) is 10.0 Å². The lowest BCUT2D eigenvalue weighted by Crippen LogP contribution is -2.34. The average Bonchev–Trinajstić information content (AvgIpc) is 2.62. The standard InChI is InChI=1S/C21H19F2NO2S/c1-15-6-5-7-18(14-15)24(16(2)20-8-3-4-9-21(20)23)27(25,26)19-12-10-17(22)11-13-19/h3-14,16H,1-2H3/t16-/m0/s1. The highest BCUT2D eigenvalue weighted by atomic mass is 32.2. The summed E-state index contributed by atoms with van der Waals surface area (Å²) in [7, 11) is -4.05. The zero-order valence-corrected chi connectivity index (χ0v) is 15.7. The van der Waals surface area contributed by atoms with E-state index >= 15 is 0 Å². The summed E-state index contributed by atoms with van der Waals surface area (Å²) in [6.45, 7) is 3.47. The second-order valence-corrected chi connectivity index (χ2v) is 8.11. The Morgan fingerprint density at radius 2 is 1.56 bits per heavy atom. The van der Waals surface area contributed by atoms with Crippen molar-refractivity contribution in [2.24, 2.45) is 0 Å². The van der Waals surface area contributed by atoms with E-state index in [9.17, 15) is 17.2 Å². The molecule has 3 aromatic rings. The number of sulfonamides is 1. The van der Waals surface area contributed by atoms with Crippen molar-refractivity contribution in [3.8, 4) is 0 Å². The molecule has 0 aliphatic rings. The van der Waals surface area contributed by atoms with Gasteiger partial charge in [-0.3, -0.25) is 4.31 Å². The van der Waals surface area contributed by atoms with Crippen LogP contribution >= 0.6 is 0 Å². The highest BCUT2D eigenvalue weighted by Gasteiger charge is 2.31. The van der Waals surface area contributed by atoms with E-state index in [0.29, 0.717) is 5.69 Å². The maximum Gasteiger partial charge on any atom is 0.264 e. The Balaban J connectivity index is 2.19. The summed E-state index contributed by atoms with van der Waals surface area (Å²) in [5.74, 6) is -1.02. The first kappa shape index (κ1) is 19.0. The molecule has 0 saturated heterocycles. The van der Waals surface area contributed by atoms with E-state index in [1.54, 1.807) is 43.3 Å². The minimum Gasteiger partial charge on any atom is -0.259 e. The van der Waals surface area contributed by atoms with Crippen LogP contribution in [0.4, 0.5) is 14.5 Å². The Hall–Kier alpha value is -2.73. The normalized spacial score (nSPS) is 12.6. The van der Waals surface area contributed by atoms with Crippen LogP contribution in [-0.4, -0.2) is 8.42 Å². The van der Waals surface area contributed by atoms with Crippen LogP contribution in [0.1, 0.15) is 24.1 Å². The molecule has 0 amide bonds. The number of rotatable bonds is 5. The van der Waals surface area contributed by atoms with Crippen molar-refractivity contribution in [3.05, 3.63) is 95.6 Å². The molecule has 3 rings (SSSR count). The SMILES string of the molecule is Cc1cccc(N([C@@H](C)c2ccccc2F)S(=O)(=O)c2ccc(F)cc2)c1. The van der Waals surface area contributed by atoms with Crippen LogP contribution < -0.4 is 4.31 Å². The molecule has 27 heavy (non-hydrogen) atoms. The number of hydrogen-bond acceptors (Lipinski definition) is 2. The zero-order valence-electron chi connectivity index (χ0n) is 14.9. The lowest BCUT2D eigenvalue weighted by Gasteiger charge is -2.31. The highest BCUT2D eigenvalue weighted by molar-refractivity contribution is 7.92. The van der Waals surface area contributed by atoms with E-state index in [-0.39, 0.29) is 10.5 Å². The average molecular weight is 387 g/mol. The summed E-state index contributed by atoms with van der Waals surface area (Å²) in [4.78, 5) is -0.0615. The molecular weight excluding hydrogens is 368 g/mol. The molecular formula is C21H19F2NO2S. The van der Waals surface area contributed by atoms with E-state index in [1.165, 1.54) is 22.5 Å². The van der Waals surface area contributed by atoms with Crippen molar-refractivity contribution in [2.75, 3.05) is 4.31 Å². The van der Waals surface area contributed by atoms with Crippen LogP contribution in [0.3, 0.4) is 0 Å². The topological polar surface area (TPSA) is 37.4 Å². The molecule has 0 N–H and O–H groups in total. The summed E-state index contributed by atoms with van der Waals surface area (Å²) in [6.07, 6.45) is 0. The van der Waals surface area contributed by atoms with Gasteiger partial charge in [-0.05, 0) is 61.9 Å². The van der Waals surface area contributed by atoms with Gasteiger partial charge in [0.15, 0.2) is 0 Å². The molecule has 3 aromatic carbocycles. The smallest absolute Gasteiger partial charge is 0.259 e. The van der Waals surface area contributed by atoms with Gasteiger partial charge in [0, 0.05) is 5.56 Å². The monoisotopic (exact) mass is 387 g/mol. The van der Waals surface area contributed by atoms with Gasteiger partial charge < -0.3 is 0 Å². The van der Waals surface area contributed by atoms with Crippen LogP contribution in [0.25, 0.3) is 0 Å². The molecule has 0 heterocycles. The van der Waals surface area contributed by atoms with Crippen LogP contribution in [0.15, 0.2) is 77.7 Å². The summed E-state index contributed by atoms with van der Waals surface area (Å²) in [5.41, 5.74) is 1.53. The predicted molar refractivity (Wildman–Crippen MR) is 102 cm³/mol. The van der Waals surface area contributed by atoms with E-state index in [0.717, 1.165) is 17.7 Å². The lowest BCUT2D eigenvalue weighted by molar-refractivity contribution is 0.569. The van der Waals surface area contributed by atoms with E-state index in [4.69, 9.17) is 0 Å². The fraction of sp³-hybridized carbons (Fsp3) is 0.143. The molecule has 0 radical (unpaired) electrons. The molecule has 0 aromatic heterocycles. The Morgan fingerprint density at radius 3 is 2.19 bits per heavy atom. The van der Waals surface area contributed by atoms with Gasteiger partial charge in [-0.25, -0.2) is 17.2 Å². The third-order valence-corrected chi connectivity index (χ3v) is 6.25. The molecule has 0 saturated carbocycles. The fourth-order valence-electron chi connectivity index (χ4n) is 3.00. The third kappa shape index (κ3) is 3.85. The number of benzene rings is 3. The van der Waals surface area contributed by atoms with Gasteiger partial charge in [0.1, 0.15) is 11.6 Å². The molecule has 0 aliphatic heterocycles. The number of halogens is 2. The molecule has 0 unspecified atom stereocenters. The molecule has 140 valence electrons. The summed E-state index contributed by atoms with van der Waals surface area (Å²) < 4.78 is 55.5. The third-order valence-electron chi connectivity index (χ3n) is 4.33. The van der Waals surface area contributed by atoms with Crippen molar-refractivity contribution in [2.45, 2.75) is 24.8 Å². The van der Waals surface area contributed by atoms with E-state index < -0.39 is 27.7 Å². The van der Waals surface area contributed by atoms with Crippen LogP contribution in [0, 0.1) is 18.6 Å². The van der Waals surface area contributed by atoms with Crippen molar-refractivity contribution in [3.63, 3.8) is 0 Å². The lowest BCUT2D eigenvalue weighted by atomic mass is 10.1. The minimum absolute atomic E-state index is 0.0615. The van der Waals surface area contributed by atoms with Crippen molar-refractivity contribution >= 4 is 15.7 Å². The van der Waals surface area contributed by atoms with Gasteiger partial charge in [-0.2, -0.15) is 0 Å². The number of aryl methyl sites for hydroxylation is 1.